The van der Waals surface area contributed by atoms with Gasteiger partial charge in [-0.1, -0.05) is 0 Å². The Kier molecular flexibility index (Phi) is 6.20. The second-order valence-electron chi connectivity index (χ2n) is 7.22. The van der Waals surface area contributed by atoms with Gasteiger partial charge >= 0.3 is 0 Å². The number of anilines is 1. The zero-order valence-electron chi connectivity index (χ0n) is 16.8. The molecule has 1 unspecified atom stereocenters. The molecule has 0 saturated carbocycles. The summed E-state index contributed by atoms with van der Waals surface area (Å²) in [5.41, 5.74) is 1.09. The molecular formula is C18H31N7O2. The molecule has 2 aliphatic heterocycles. The van der Waals surface area contributed by atoms with E-state index in [9.17, 15) is 4.79 Å². The summed E-state index contributed by atoms with van der Waals surface area (Å²) in [7, 11) is 7.77. The van der Waals surface area contributed by atoms with E-state index < -0.39 is 0 Å². The molecular weight excluding hydrogens is 346 g/mol. The number of carbonyl (C=O) groups excluding carboxylic acids is 1. The van der Waals surface area contributed by atoms with Crippen molar-refractivity contribution in [2.24, 2.45) is 12.0 Å². The molecule has 0 aromatic carbocycles. The SMILES string of the molecule is CN=C(NCc1cnc(N(C)C)n1C)N1CCN(C(=O)C2CCCO2)CC1. The zero-order valence-corrected chi connectivity index (χ0v) is 16.8. The molecule has 9 nitrogen and oxygen atoms in total. The normalized spacial score (nSPS) is 20.9. The Hall–Kier alpha value is -2.29. The van der Waals surface area contributed by atoms with Crippen LogP contribution in [-0.2, 0) is 23.1 Å². The van der Waals surface area contributed by atoms with Crippen LogP contribution in [0.4, 0.5) is 5.95 Å². The van der Waals surface area contributed by atoms with Crippen molar-refractivity contribution in [3.8, 4) is 0 Å². The van der Waals surface area contributed by atoms with E-state index in [1.54, 1.807) is 7.05 Å². The van der Waals surface area contributed by atoms with Gasteiger partial charge in [-0.05, 0) is 12.8 Å². The van der Waals surface area contributed by atoms with Crippen LogP contribution in [0.2, 0.25) is 0 Å². The van der Waals surface area contributed by atoms with Gasteiger partial charge in [0.25, 0.3) is 5.91 Å². The molecule has 3 rings (SSSR count). The highest BCUT2D eigenvalue weighted by Gasteiger charge is 2.30. The first kappa shape index (κ1) is 19.5. The number of amides is 1. The van der Waals surface area contributed by atoms with Crippen molar-refractivity contribution >= 4 is 17.8 Å². The van der Waals surface area contributed by atoms with Crippen LogP contribution in [0.15, 0.2) is 11.2 Å². The van der Waals surface area contributed by atoms with Crippen LogP contribution in [0.3, 0.4) is 0 Å². The Bertz CT molecular complexity index is 671. The van der Waals surface area contributed by atoms with E-state index in [1.165, 1.54) is 0 Å². The average Bonchev–Trinajstić information content (AvgIpc) is 3.32. The van der Waals surface area contributed by atoms with Gasteiger partial charge in [0.2, 0.25) is 5.95 Å². The number of imidazole rings is 1. The molecule has 1 aromatic rings. The minimum atomic E-state index is -0.232. The molecule has 3 heterocycles. The van der Waals surface area contributed by atoms with Crippen molar-refractivity contribution in [2.75, 3.05) is 58.8 Å². The van der Waals surface area contributed by atoms with E-state index >= 15 is 0 Å². The summed E-state index contributed by atoms with van der Waals surface area (Å²) >= 11 is 0. The number of aromatic nitrogens is 2. The second kappa shape index (κ2) is 8.60. The highest BCUT2D eigenvalue weighted by atomic mass is 16.5. The molecule has 0 spiro atoms. The number of piperazine rings is 1. The molecule has 150 valence electrons. The molecule has 2 saturated heterocycles. The molecule has 2 fully saturated rings. The van der Waals surface area contributed by atoms with Crippen LogP contribution in [0.25, 0.3) is 0 Å². The van der Waals surface area contributed by atoms with Gasteiger partial charge in [0.1, 0.15) is 6.10 Å². The molecule has 1 atom stereocenters. The number of carbonyl (C=O) groups is 1. The molecule has 0 aliphatic carbocycles. The highest BCUT2D eigenvalue weighted by molar-refractivity contribution is 5.82. The second-order valence-corrected chi connectivity index (χ2v) is 7.22. The van der Waals surface area contributed by atoms with E-state index in [2.05, 4.69) is 24.8 Å². The van der Waals surface area contributed by atoms with Crippen molar-refractivity contribution < 1.29 is 9.53 Å². The quantitative estimate of drug-likeness (QED) is 0.583. The lowest BCUT2D eigenvalue weighted by Crippen LogP contribution is -2.55. The van der Waals surface area contributed by atoms with Crippen molar-refractivity contribution in [2.45, 2.75) is 25.5 Å². The van der Waals surface area contributed by atoms with Crippen LogP contribution < -0.4 is 10.2 Å². The third-order valence-corrected chi connectivity index (χ3v) is 5.20. The van der Waals surface area contributed by atoms with Gasteiger partial charge in [-0.2, -0.15) is 0 Å². The van der Waals surface area contributed by atoms with Gasteiger partial charge in [0, 0.05) is 61.0 Å². The lowest BCUT2D eigenvalue weighted by molar-refractivity contribution is -0.142. The Labute approximate surface area is 161 Å². The standard InChI is InChI=1S/C18H31N7O2/c1-19-17(20-12-14-13-21-18(22(2)3)23(14)4)25-9-7-24(8-10-25)16(26)15-6-5-11-27-15/h13,15H,5-12H2,1-4H3,(H,19,20). The number of hydrogen-bond acceptors (Lipinski definition) is 5. The molecule has 1 N–H and O–H groups in total. The first-order chi connectivity index (χ1) is 13.0. The first-order valence-corrected chi connectivity index (χ1v) is 9.55. The van der Waals surface area contributed by atoms with Crippen molar-refractivity contribution in [3.05, 3.63) is 11.9 Å². The molecule has 2 aliphatic rings. The monoisotopic (exact) mass is 377 g/mol. The maximum atomic E-state index is 12.5. The van der Waals surface area contributed by atoms with E-state index in [0.717, 1.165) is 43.5 Å². The Morgan fingerprint density at radius 1 is 1.33 bits per heavy atom. The Morgan fingerprint density at radius 2 is 2.04 bits per heavy atom. The lowest BCUT2D eigenvalue weighted by Gasteiger charge is -2.37. The van der Waals surface area contributed by atoms with Crippen LogP contribution in [0, 0.1) is 0 Å². The molecule has 0 bridgehead atoms. The molecule has 1 amide bonds. The number of rotatable bonds is 4. The zero-order chi connectivity index (χ0) is 19.4. The van der Waals surface area contributed by atoms with Gasteiger partial charge in [-0.3, -0.25) is 9.79 Å². The van der Waals surface area contributed by atoms with Gasteiger partial charge in [-0.25, -0.2) is 4.98 Å². The summed E-state index contributed by atoms with van der Waals surface area (Å²) in [6.45, 7) is 4.31. The van der Waals surface area contributed by atoms with E-state index in [0.29, 0.717) is 26.2 Å². The third kappa shape index (κ3) is 4.35. The molecule has 0 radical (unpaired) electrons. The fourth-order valence-corrected chi connectivity index (χ4v) is 3.63. The number of ether oxygens (including phenoxy) is 1. The van der Waals surface area contributed by atoms with Crippen LogP contribution >= 0.6 is 0 Å². The third-order valence-electron chi connectivity index (χ3n) is 5.20. The predicted octanol–water partition coefficient (Wildman–Crippen LogP) is -0.115. The molecule has 1 aromatic heterocycles. The van der Waals surface area contributed by atoms with Gasteiger partial charge in [0.15, 0.2) is 5.96 Å². The number of guanidine groups is 1. The summed E-state index contributed by atoms with van der Waals surface area (Å²) in [6, 6.07) is 0. The van der Waals surface area contributed by atoms with Gasteiger partial charge < -0.3 is 29.3 Å². The summed E-state index contributed by atoms with van der Waals surface area (Å²) < 4.78 is 7.60. The number of hydrogen-bond donors (Lipinski definition) is 1. The summed E-state index contributed by atoms with van der Waals surface area (Å²) in [5, 5.41) is 3.42. The largest absolute Gasteiger partial charge is 0.368 e. The fraction of sp³-hybridized carbons (Fsp3) is 0.722. The van der Waals surface area contributed by atoms with Crippen LogP contribution in [0.1, 0.15) is 18.5 Å². The van der Waals surface area contributed by atoms with Gasteiger partial charge in [-0.15, -0.1) is 0 Å². The Morgan fingerprint density at radius 3 is 2.59 bits per heavy atom. The van der Waals surface area contributed by atoms with E-state index in [-0.39, 0.29) is 12.0 Å². The maximum absolute atomic E-state index is 12.5. The average molecular weight is 377 g/mol. The van der Waals surface area contributed by atoms with E-state index in [1.807, 2.05) is 37.1 Å². The van der Waals surface area contributed by atoms with Gasteiger partial charge in [0.05, 0.1) is 18.4 Å². The summed E-state index contributed by atoms with van der Waals surface area (Å²) in [5.74, 6) is 1.91. The van der Waals surface area contributed by atoms with E-state index in [4.69, 9.17) is 4.74 Å². The van der Waals surface area contributed by atoms with Crippen LogP contribution in [0.5, 0.6) is 0 Å². The smallest absolute Gasteiger partial charge is 0.251 e. The van der Waals surface area contributed by atoms with Crippen molar-refractivity contribution in [1.82, 2.24) is 24.7 Å². The predicted molar refractivity (Wildman–Crippen MR) is 105 cm³/mol. The fourth-order valence-electron chi connectivity index (χ4n) is 3.63. The molecule has 27 heavy (non-hydrogen) atoms. The lowest BCUT2D eigenvalue weighted by atomic mass is 10.2. The summed E-state index contributed by atoms with van der Waals surface area (Å²) in [4.78, 5) is 27.4. The molecule has 9 heteroatoms. The topological polar surface area (TPSA) is 78.2 Å². The minimum absolute atomic E-state index is 0.140. The Balaban J connectivity index is 1.51. The van der Waals surface area contributed by atoms with Crippen molar-refractivity contribution in [1.29, 1.82) is 0 Å². The number of aliphatic imine (C=N–C) groups is 1. The number of nitrogens with one attached hydrogen (secondary N) is 1. The van der Waals surface area contributed by atoms with Crippen LogP contribution in [-0.4, -0.2) is 91.3 Å². The minimum Gasteiger partial charge on any atom is -0.368 e. The number of nitrogens with zero attached hydrogens (tertiary/aromatic N) is 6. The van der Waals surface area contributed by atoms with Crippen molar-refractivity contribution in [3.63, 3.8) is 0 Å². The summed E-state index contributed by atoms with van der Waals surface area (Å²) in [6.07, 6.45) is 3.48. The maximum Gasteiger partial charge on any atom is 0.251 e. The first-order valence-electron chi connectivity index (χ1n) is 9.55. The highest BCUT2D eigenvalue weighted by Crippen LogP contribution is 2.16.